The van der Waals surface area contributed by atoms with Crippen molar-refractivity contribution < 1.29 is 23.9 Å². The summed E-state index contributed by atoms with van der Waals surface area (Å²) in [6, 6.07) is 20.5. The van der Waals surface area contributed by atoms with Crippen LogP contribution in [0.25, 0.3) is 6.08 Å². The van der Waals surface area contributed by atoms with Crippen LogP contribution in [0.1, 0.15) is 69.3 Å². The standard InChI is InChI=1S/C37H35Cl2N3O5S2/c1-2-47-37(46)33-26-16-8-3-4-9-19-31(26)49-36(33)42-32(43)22-48-25-15-10-14-24(20-25)40-35(45)30(21-27-28(38)17-11-18-29(27)39)41-34(44)23-12-6-5-7-13-23/h5-7,10-15,17-18,20-21H,2-4,8-9,16,19,22H2,1H3,(H,40,45)(H,41,44)(H,42,43)/b30-21+. The van der Waals surface area contributed by atoms with E-state index < -0.39 is 17.8 Å². The second-order valence-electron chi connectivity index (χ2n) is 11.2. The number of rotatable bonds is 11. The minimum absolute atomic E-state index is 0.0660. The van der Waals surface area contributed by atoms with Crippen LogP contribution in [0.5, 0.6) is 0 Å². The molecule has 0 saturated heterocycles. The number of hydrogen-bond acceptors (Lipinski definition) is 7. The zero-order valence-electron chi connectivity index (χ0n) is 26.8. The summed E-state index contributed by atoms with van der Waals surface area (Å²) in [5.74, 6) is -1.67. The number of aryl methyl sites for hydroxylation is 1. The highest BCUT2D eigenvalue weighted by Crippen LogP contribution is 2.38. The SMILES string of the molecule is CCOC(=O)c1c(NC(=O)CSc2cccc(NC(=O)/C(=C\c3c(Cl)cccc3Cl)NC(=O)c3ccccc3)c2)sc2c1CCCCCC2. The van der Waals surface area contributed by atoms with Crippen LogP contribution in [0.2, 0.25) is 10.0 Å². The Bertz CT molecular complexity index is 1860. The van der Waals surface area contributed by atoms with Crippen molar-refractivity contribution in [2.24, 2.45) is 0 Å². The Morgan fingerprint density at radius 3 is 2.33 bits per heavy atom. The van der Waals surface area contributed by atoms with E-state index in [4.69, 9.17) is 27.9 Å². The summed E-state index contributed by atoms with van der Waals surface area (Å²) >= 11 is 15.5. The number of nitrogens with one attached hydrogen (secondary N) is 3. The van der Waals surface area contributed by atoms with Crippen molar-refractivity contribution in [2.75, 3.05) is 23.0 Å². The van der Waals surface area contributed by atoms with Crippen LogP contribution in [0.15, 0.2) is 83.4 Å². The van der Waals surface area contributed by atoms with Gasteiger partial charge in [-0.05, 0) is 86.7 Å². The molecule has 0 aliphatic heterocycles. The Morgan fingerprint density at radius 2 is 1.59 bits per heavy atom. The number of hydrogen-bond donors (Lipinski definition) is 3. The van der Waals surface area contributed by atoms with E-state index in [1.54, 1.807) is 73.7 Å². The zero-order valence-corrected chi connectivity index (χ0v) is 29.9. The highest BCUT2D eigenvalue weighted by Gasteiger charge is 2.26. The van der Waals surface area contributed by atoms with Gasteiger partial charge in [0.1, 0.15) is 10.7 Å². The molecule has 0 unspecified atom stereocenters. The molecule has 0 radical (unpaired) electrons. The molecule has 3 aromatic carbocycles. The molecule has 1 aliphatic carbocycles. The van der Waals surface area contributed by atoms with Gasteiger partial charge in [-0.25, -0.2) is 4.79 Å². The third-order valence-corrected chi connectivity index (χ3v) is 10.5. The molecule has 12 heteroatoms. The average molecular weight is 737 g/mol. The Kier molecular flexibility index (Phi) is 13.0. The highest BCUT2D eigenvalue weighted by atomic mass is 35.5. The van der Waals surface area contributed by atoms with Crippen LogP contribution in [0.3, 0.4) is 0 Å². The summed E-state index contributed by atoms with van der Waals surface area (Å²) in [6.07, 6.45) is 7.42. The second kappa shape index (κ2) is 17.5. The lowest BCUT2D eigenvalue weighted by atomic mass is 9.96. The van der Waals surface area contributed by atoms with Gasteiger partial charge in [0, 0.05) is 36.6 Å². The summed E-state index contributed by atoms with van der Waals surface area (Å²) < 4.78 is 5.36. The number of amides is 3. The van der Waals surface area contributed by atoms with Gasteiger partial charge in [0.2, 0.25) is 5.91 Å². The maximum absolute atomic E-state index is 13.6. The van der Waals surface area contributed by atoms with E-state index in [9.17, 15) is 19.2 Å². The van der Waals surface area contributed by atoms with Crippen LogP contribution in [-0.2, 0) is 27.2 Å². The van der Waals surface area contributed by atoms with Crippen molar-refractivity contribution in [2.45, 2.75) is 50.3 Å². The number of thioether (sulfide) groups is 1. The van der Waals surface area contributed by atoms with Gasteiger partial charge in [-0.3, -0.25) is 14.4 Å². The van der Waals surface area contributed by atoms with Gasteiger partial charge in [-0.2, -0.15) is 0 Å². The number of carbonyl (C=O) groups excluding carboxylic acids is 4. The molecule has 0 spiro atoms. The molecule has 0 fully saturated rings. The van der Waals surface area contributed by atoms with Gasteiger partial charge in [-0.1, -0.05) is 66.4 Å². The normalized spacial score (nSPS) is 13.0. The first-order chi connectivity index (χ1) is 23.7. The second-order valence-corrected chi connectivity index (χ2v) is 14.1. The molecule has 0 saturated carbocycles. The van der Waals surface area contributed by atoms with Crippen LogP contribution in [0, 0.1) is 0 Å². The van der Waals surface area contributed by atoms with Crippen LogP contribution in [0.4, 0.5) is 10.7 Å². The molecule has 1 aromatic heterocycles. The van der Waals surface area contributed by atoms with E-state index in [1.165, 1.54) is 29.2 Å². The van der Waals surface area contributed by atoms with Gasteiger partial charge >= 0.3 is 5.97 Å². The van der Waals surface area contributed by atoms with Crippen LogP contribution < -0.4 is 16.0 Å². The molecular weight excluding hydrogens is 701 g/mol. The summed E-state index contributed by atoms with van der Waals surface area (Å²) in [4.78, 5) is 54.5. The molecule has 0 atom stereocenters. The number of halogens is 2. The number of carbonyl (C=O) groups is 4. The fourth-order valence-electron chi connectivity index (χ4n) is 5.34. The molecule has 0 bridgehead atoms. The first-order valence-corrected chi connectivity index (χ1v) is 18.5. The van der Waals surface area contributed by atoms with E-state index >= 15 is 0 Å². The third-order valence-electron chi connectivity index (χ3n) is 7.68. The van der Waals surface area contributed by atoms with Crippen LogP contribution >= 0.6 is 46.3 Å². The average Bonchev–Trinajstić information content (AvgIpc) is 3.40. The van der Waals surface area contributed by atoms with E-state index in [2.05, 4.69) is 16.0 Å². The van der Waals surface area contributed by atoms with Gasteiger partial charge < -0.3 is 20.7 Å². The number of thiophene rings is 1. The van der Waals surface area contributed by atoms with Gasteiger partial charge in [0.05, 0.1) is 17.9 Å². The topological polar surface area (TPSA) is 114 Å². The molecule has 1 aliphatic rings. The predicted molar refractivity (Wildman–Crippen MR) is 199 cm³/mol. The van der Waals surface area contributed by atoms with Crippen molar-refractivity contribution in [1.82, 2.24) is 5.32 Å². The lowest BCUT2D eigenvalue weighted by Crippen LogP contribution is -2.30. The van der Waals surface area contributed by atoms with Gasteiger partial charge in [0.15, 0.2) is 0 Å². The number of ether oxygens (including phenoxy) is 1. The molecule has 4 aromatic rings. The number of esters is 1. The van der Waals surface area contributed by atoms with Gasteiger partial charge in [-0.15, -0.1) is 23.1 Å². The minimum atomic E-state index is -0.597. The molecule has 3 N–H and O–H groups in total. The molecular formula is C37H35Cl2N3O5S2. The van der Waals surface area contributed by atoms with Crippen molar-refractivity contribution in [3.63, 3.8) is 0 Å². The largest absolute Gasteiger partial charge is 0.462 e. The smallest absolute Gasteiger partial charge is 0.341 e. The third kappa shape index (κ3) is 9.76. The molecule has 1 heterocycles. The summed E-state index contributed by atoms with van der Waals surface area (Å²) in [6.45, 7) is 2.02. The quantitative estimate of drug-likeness (QED) is 0.0805. The maximum Gasteiger partial charge on any atom is 0.341 e. The lowest BCUT2D eigenvalue weighted by molar-refractivity contribution is -0.114. The van der Waals surface area contributed by atoms with Crippen molar-refractivity contribution in [1.29, 1.82) is 0 Å². The Balaban J connectivity index is 1.29. The van der Waals surface area contributed by atoms with Crippen LogP contribution in [-0.4, -0.2) is 36.1 Å². The van der Waals surface area contributed by atoms with Crippen molar-refractivity contribution in [3.8, 4) is 0 Å². The molecule has 49 heavy (non-hydrogen) atoms. The first kappa shape index (κ1) is 36.2. The van der Waals surface area contributed by atoms with Crippen molar-refractivity contribution in [3.05, 3.63) is 116 Å². The number of fused-ring (bicyclic) bond motifs is 1. The monoisotopic (exact) mass is 735 g/mol. The fraction of sp³-hybridized carbons (Fsp3) is 0.243. The zero-order chi connectivity index (χ0) is 34.8. The molecule has 8 nitrogen and oxygen atoms in total. The van der Waals surface area contributed by atoms with Crippen molar-refractivity contribution >= 4 is 86.8 Å². The van der Waals surface area contributed by atoms with Gasteiger partial charge in [0.25, 0.3) is 11.8 Å². The lowest BCUT2D eigenvalue weighted by Gasteiger charge is -2.13. The Labute approximate surface area is 303 Å². The Morgan fingerprint density at radius 1 is 0.878 bits per heavy atom. The predicted octanol–water partition coefficient (Wildman–Crippen LogP) is 9.03. The fourth-order valence-corrected chi connectivity index (χ4v) is 7.89. The van der Waals surface area contributed by atoms with E-state index in [0.29, 0.717) is 37.4 Å². The van der Waals surface area contributed by atoms with E-state index in [1.807, 2.05) is 6.07 Å². The maximum atomic E-state index is 13.6. The molecule has 5 rings (SSSR count). The highest BCUT2D eigenvalue weighted by molar-refractivity contribution is 8.00. The number of anilines is 2. The van der Waals surface area contributed by atoms with E-state index in [0.717, 1.165) is 53.9 Å². The summed E-state index contributed by atoms with van der Waals surface area (Å²) in [5, 5.41) is 9.63. The summed E-state index contributed by atoms with van der Waals surface area (Å²) in [5.41, 5.74) is 2.61. The minimum Gasteiger partial charge on any atom is -0.462 e. The molecule has 254 valence electrons. The number of benzene rings is 3. The summed E-state index contributed by atoms with van der Waals surface area (Å²) in [7, 11) is 0. The molecule has 3 amide bonds. The Hall–Kier alpha value is -4.09. The van der Waals surface area contributed by atoms with E-state index in [-0.39, 0.29) is 24.0 Å². The first-order valence-electron chi connectivity index (χ1n) is 15.9.